The van der Waals surface area contributed by atoms with Crippen LogP contribution in [0.15, 0.2) is 17.3 Å². The highest BCUT2D eigenvalue weighted by molar-refractivity contribution is 8.67. The summed E-state index contributed by atoms with van der Waals surface area (Å²) in [4.78, 5) is 22.0. The van der Waals surface area contributed by atoms with Gasteiger partial charge in [-0.2, -0.15) is 0 Å². The molecule has 2 N–H and O–H groups in total. The van der Waals surface area contributed by atoms with E-state index in [2.05, 4.69) is 5.10 Å². The summed E-state index contributed by atoms with van der Waals surface area (Å²) in [5.41, 5.74) is -2.98. The van der Waals surface area contributed by atoms with Crippen molar-refractivity contribution in [2.45, 2.75) is 26.8 Å². The molecule has 6 nitrogen and oxygen atoms in total. The van der Waals surface area contributed by atoms with Gasteiger partial charge in [-0.1, -0.05) is 0 Å². The predicted octanol–water partition coefficient (Wildman–Crippen LogP) is 2.12. The summed E-state index contributed by atoms with van der Waals surface area (Å²) >= 11 is 5.97. The first-order valence-corrected chi connectivity index (χ1v) is 10.0. The van der Waals surface area contributed by atoms with E-state index in [0.717, 1.165) is 11.4 Å². The van der Waals surface area contributed by atoms with Crippen LogP contribution in [0.5, 0.6) is 0 Å². The summed E-state index contributed by atoms with van der Waals surface area (Å²) in [6.45, 7) is 5.68. The van der Waals surface area contributed by atoms with Crippen molar-refractivity contribution in [2.24, 2.45) is 5.10 Å². The van der Waals surface area contributed by atoms with Crippen molar-refractivity contribution in [3.8, 4) is 0 Å². The molecule has 1 aliphatic heterocycles. The van der Waals surface area contributed by atoms with Gasteiger partial charge in [-0.05, 0) is 49.1 Å². The van der Waals surface area contributed by atoms with Crippen molar-refractivity contribution in [2.75, 3.05) is 12.5 Å². The molecule has 0 radical (unpaired) electrons. The number of carbonyl (C=O) groups is 1. The van der Waals surface area contributed by atoms with Gasteiger partial charge in [-0.3, -0.25) is 0 Å². The van der Waals surface area contributed by atoms with E-state index in [9.17, 15) is 14.8 Å². The fraction of sp³-hybridized carbons (Fsp3) is 0.600. The number of rotatable bonds is 6. The molecule has 0 fully saturated rings. The average Bonchev–Trinajstić information content (AvgIpc) is 2.30. The Hall–Kier alpha value is -0.240. The van der Waals surface area contributed by atoms with Crippen LogP contribution in [-0.4, -0.2) is 44.9 Å². The fourth-order valence-corrected chi connectivity index (χ4v) is 4.97. The third kappa shape index (κ3) is 4.11. The van der Waals surface area contributed by atoms with Crippen molar-refractivity contribution in [3.63, 3.8) is 0 Å². The second kappa shape index (κ2) is 6.47. The van der Waals surface area contributed by atoms with E-state index in [1.165, 1.54) is 12.2 Å². The van der Waals surface area contributed by atoms with Gasteiger partial charge in [0.05, 0.1) is 12.7 Å². The van der Waals surface area contributed by atoms with E-state index in [-0.39, 0.29) is 28.3 Å². The van der Waals surface area contributed by atoms with E-state index in [4.69, 9.17) is 16.3 Å². The number of amides is 1. The number of hydrogen-bond donors (Lipinski definition) is 2. The van der Waals surface area contributed by atoms with Gasteiger partial charge in [-0.15, -0.1) is 4.59 Å². The summed E-state index contributed by atoms with van der Waals surface area (Å²) in [5, 5.41) is 13.5. The molecule has 0 saturated carbocycles. The summed E-state index contributed by atoms with van der Waals surface area (Å²) in [7, 11) is 0. The topological polar surface area (TPSA) is 79.1 Å². The summed E-state index contributed by atoms with van der Waals surface area (Å²) in [5.74, 6) is -0.345. The Morgan fingerprint density at radius 3 is 2.74 bits per heavy atom. The van der Waals surface area contributed by atoms with E-state index in [1.54, 1.807) is 6.92 Å². The van der Waals surface area contributed by atoms with Gasteiger partial charge in [0.15, 0.2) is 5.88 Å². The number of quaternary nitrogens is 1. The molecule has 0 spiro atoms. The lowest BCUT2D eigenvalue weighted by Crippen LogP contribution is -2.54. The maximum absolute atomic E-state index is 12.1. The zero-order valence-corrected chi connectivity index (χ0v) is 13.5. The Labute approximate surface area is 121 Å². The normalized spacial score (nSPS) is 26.4. The molecule has 1 aliphatic rings. The highest BCUT2D eigenvalue weighted by Gasteiger charge is 2.43. The average molecular weight is 325 g/mol. The molecule has 1 rings (SSSR count). The second-order valence-electron chi connectivity index (χ2n) is 4.19. The first kappa shape index (κ1) is 16.8. The molecular formula is C10H18N2O4PS2+. The number of aliphatic hydroxyl groups is 1. The van der Waals surface area contributed by atoms with Crippen LogP contribution < -0.4 is 0 Å². The Kier molecular flexibility index (Phi) is 5.73. The Morgan fingerprint density at radius 1 is 1.58 bits per heavy atom. The molecule has 1 heterocycles. The van der Waals surface area contributed by atoms with Gasteiger partial charge in [0.2, 0.25) is 5.69 Å². The lowest BCUT2D eigenvalue weighted by Gasteiger charge is -2.33. The minimum absolute atomic E-state index is 0.124. The van der Waals surface area contributed by atoms with Crippen LogP contribution in [-0.2, 0) is 21.1 Å². The molecule has 2 atom stereocenters. The van der Waals surface area contributed by atoms with Gasteiger partial charge >= 0.3 is 5.91 Å². The number of nitrogens with zero attached hydrogens (tertiary/aromatic N) is 2. The monoisotopic (exact) mass is 325 g/mol. The number of carbonyl (C=O) groups excluding carboxylic acids is 1. The van der Waals surface area contributed by atoms with E-state index in [0.29, 0.717) is 6.61 Å². The first-order chi connectivity index (χ1) is 8.73. The van der Waals surface area contributed by atoms with Gasteiger partial charge in [0.1, 0.15) is 6.04 Å². The summed E-state index contributed by atoms with van der Waals surface area (Å²) < 4.78 is 4.77. The minimum Gasteiger partial charge on any atom is -0.490 e. The van der Waals surface area contributed by atoms with E-state index in [1.807, 2.05) is 13.8 Å². The molecule has 1 amide bonds. The molecule has 108 valence electrons. The standard InChI is InChI=1S/C10H17N2O4PS2/c1-4-16-17(15,18)19-7-12(8(2)3)10(14)6-5-9(13)11-12/h5-6,8H,4,7H2,1-3H3,(H-,11,13,15,18)/p+1. The Balaban J connectivity index is 2.94. The smallest absolute Gasteiger partial charge is 0.365 e. The van der Waals surface area contributed by atoms with E-state index < -0.39 is 5.69 Å². The third-order valence-corrected chi connectivity index (χ3v) is 6.93. The van der Waals surface area contributed by atoms with Crippen molar-refractivity contribution in [1.82, 2.24) is 0 Å². The zero-order chi connectivity index (χ0) is 14.7. The van der Waals surface area contributed by atoms with Crippen LogP contribution in [0.2, 0.25) is 0 Å². The maximum Gasteiger partial charge on any atom is 0.365 e. The zero-order valence-electron chi connectivity index (χ0n) is 11.0. The van der Waals surface area contributed by atoms with Crippen molar-refractivity contribution < 1.29 is 23.9 Å². The van der Waals surface area contributed by atoms with Crippen LogP contribution in [0.1, 0.15) is 20.8 Å². The molecule has 2 unspecified atom stereocenters. The molecule has 0 aromatic carbocycles. The predicted molar refractivity (Wildman–Crippen MR) is 80.2 cm³/mol. The number of aliphatic hydroxyl groups excluding tert-OH is 1. The largest absolute Gasteiger partial charge is 0.490 e. The van der Waals surface area contributed by atoms with Crippen LogP contribution in [0.4, 0.5) is 0 Å². The van der Waals surface area contributed by atoms with Crippen LogP contribution in [0, 0.1) is 0 Å². The lowest BCUT2D eigenvalue weighted by molar-refractivity contribution is -0.868. The number of hydrogen-bond acceptors (Lipinski definition) is 5. The van der Waals surface area contributed by atoms with Crippen molar-refractivity contribution in [1.29, 1.82) is 0 Å². The minimum atomic E-state index is -2.98. The highest BCUT2D eigenvalue weighted by atomic mass is 32.9. The molecule has 0 aliphatic carbocycles. The van der Waals surface area contributed by atoms with Crippen LogP contribution >= 0.6 is 17.1 Å². The first-order valence-electron chi connectivity index (χ1n) is 5.75. The van der Waals surface area contributed by atoms with E-state index >= 15 is 0 Å². The summed E-state index contributed by atoms with van der Waals surface area (Å²) in [6.07, 6.45) is 2.54. The molecule has 19 heavy (non-hydrogen) atoms. The maximum atomic E-state index is 12.1. The molecule has 0 aromatic heterocycles. The Morgan fingerprint density at radius 2 is 2.21 bits per heavy atom. The lowest BCUT2D eigenvalue weighted by atomic mass is 10.3. The molecule has 9 heteroatoms. The van der Waals surface area contributed by atoms with Gasteiger partial charge in [0, 0.05) is 6.08 Å². The van der Waals surface area contributed by atoms with Gasteiger partial charge in [0.25, 0.3) is 5.90 Å². The van der Waals surface area contributed by atoms with Crippen LogP contribution in [0.25, 0.3) is 0 Å². The summed E-state index contributed by atoms with van der Waals surface area (Å²) in [6, 6.07) is -0.191. The van der Waals surface area contributed by atoms with Gasteiger partial charge < -0.3 is 14.5 Å². The van der Waals surface area contributed by atoms with Crippen molar-refractivity contribution >= 4 is 40.7 Å². The quantitative estimate of drug-likeness (QED) is 0.575. The Bertz CT molecular complexity index is 466. The molecule has 0 saturated heterocycles. The third-order valence-electron chi connectivity index (χ3n) is 2.60. The second-order valence-corrected chi connectivity index (χ2v) is 10.3. The van der Waals surface area contributed by atoms with Crippen molar-refractivity contribution in [3.05, 3.63) is 12.2 Å². The SMILES string of the molecule is CCOP(O)(=S)SC[N+]1(C(C)C)N=C(O)C=CC1=O. The molecule has 0 bridgehead atoms. The highest BCUT2D eigenvalue weighted by Crippen LogP contribution is 2.57. The van der Waals surface area contributed by atoms with Gasteiger partial charge in [-0.25, -0.2) is 4.79 Å². The molecular weight excluding hydrogens is 307 g/mol. The van der Waals surface area contributed by atoms with Crippen LogP contribution in [0.3, 0.4) is 0 Å². The fourth-order valence-electron chi connectivity index (χ4n) is 1.51. The molecule has 0 aromatic rings.